The quantitative estimate of drug-likeness (QED) is 0.674. The number of benzene rings is 2. The molecule has 3 aliphatic carbocycles. The van der Waals surface area contributed by atoms with Gasteiger partial charge in [-0.25, -0.2) is 0 Å². The van der Waals surface area contributed by atoms with Crippen LogP contribution in [0.4, 0.5) is 0 Å². The molecule has 1 aliphatic heterocycles. The first kappa shape index (κ1) is 21.6. The fourth-order valence-electron chi connectivity index (χ4n) is 8.02. The van der Waals surface area contributed by atoms with Crippen molar-refractivity contribution in [2.24, 2.45) is 23.2 Å². The van der Waals surface area contributed by atoms with Crippen LogP contribution in [-0.4, -0.2) is 32.6 Å². The number of fused-ring (bicyclic) bond motifs is 6. The molecular formula is C29H37NO3. The molecule has 5 atom stereocenters. The number of aryl methyl sites for hydroxylation is 1. The molecule has 1 spiro atoms. The molecule has 6 rings (SSSR count). The molecule has 0 aromatic heterocycles. The van der Waals surface area contributed by atoms with Crippen molar-refractivity contribution in [1.29, 1.82) is 0 Å². The molecule has 4 heteroatoms. The minimum atomic E-state index is -0.362. The zero-order valence-electron chi connectivity index (χ0n) is 20.0. The van der Waals surface area contributed by atoms with Gasteiger partial charge in [0.25, 0.3) is 0 Å². The Morgan fingerprint density at radius 1 is 1.06 bits per heavy atom. The van der Waals surface area contributed by atoms with Crippen LogP contribution in [0.3, 0.4) is 0 Å². The minimum Gasteiger partial charge on any atom is -0.489 e. The number of nitrogens with one attached hydrogen (secondary N) is 1. The van der Waals surface area contributed by atoms with E-state index in [2.05, 4.69) is 61.8 Å². The van der Waals surface area contributed by atoms with Gasteiger partial charge in [0.05, 0.1) is 13.2 Å². The molecule has 1 N–H and O–H groups in total. The van der Waals surface area contributed by atoms with Crippen LogP contribution >= 0.6 is 0 Å². The molecule has 1 saturated heterocycles. The zero-order valence-corrected chi connectivity index (χ0v) is 20.0. The summed E-state index contributed by atoms with van der Waals surface area (Å²) in [5.74, 6) is 3.24. The van der Waals surface area contributed by atoms with Crippen molar-refractivity contribution < 1.29 is 14.2 Å². The van der Waals surface area contributed by atoms with E-state index in [0.717, 1.165) is 38.3 Å². The first-order chi connectivity index (χ1) is 16.1. The number of rotatable bonds is 5. The first-order valence-corrected chi connectivity index (χ1v) is 12.9. The van der Waals surface area contributed by atoms with Gasteiger partial charge in [-0.15, -0.1) is 0 Å². The molecular weight excluding hydrogens is 410 g/mol. The van der Waals surface area contributed by atoms with E-state index in [0.29, 0.717) is 30.3 Å². The van der Waals surface area contributed by atoms with Crippen molar-refractivity contribution in [2.45, 2.75) is 57.3 Å². The Bertz CT molecular complexity index is 986. The monoisotopic (exact) mass is 447 g/mol. The van der Waals surface area contributed by atoms with Crippen LogP contribution in [0.5, 0.6) is 5.75 Å². The third-order valence-corrected chi connectivity index (χ3v) is 9.33. The van der Waals surface area contributed by atoms with Gasteiger partial charge in [0.1, 0.15) is 12.4 Å². The van der Waals surface area contributed by atoms with Gasteiger partial charge in [-0.3, -0.25) is 0 Å². The predicted molar refractivity (Wildman–Crippen MR) is 129 cm³/mol. The number of hydrogen-bond donors (Lipinski definition) is 1. The fraction of sp³-hybridized carbons (Fsp3) is 0.586. The minimum absolute atomic E-state index is 0.114. The Kier molecular flexibility index (Phi) is 5.51. The van der Waals surface area contributed by atoms with Gasteiger partial charge in [-0.1, -0.05) is 43.3 Å². The highest BCUT2D eigenvalue weighted by Crippen LogP contribution is 2.68. The molecule has 1 heterocycles. The van der Waals surface area contributed by atoms with Gasteiger partial charge in [0.15, 0.2) is 5.79 Å². The molecule has 2 aromatic carbocycles. The topological polar surface area (TPSA) is 39.7 Å². The van der Waals surface area contributed by atoms with E-state index in [-0.39, 0.29) is 11.2 Å². The van der Waals surface area contributed by atoms with E-state index in [1.807, 2.05) is 6.07 Å². The highest BCUT2D eigenvalue weighted by atomic mass is 16.7. The normalized spacial score (nSPS) is 34.0. The Morgan fingerprint density at radius 3 is 2.67 bits per heavy atom. The predicted octanol–water partition coefficient (Wildman–Crippen LogP) is 5.31. The molecule has 176 valence electrons. The second-order valence-corrected chi connectivity index (χ2v) is 10.9. The SMILES string of the molecule is CNC[C@H]1CC2(OCCO2)[C@@]2(C)CC[C@@H]3c4ccc(OCc5ccccc5)cc4CC[C@H]3[C@H]12. The molecule has 0 unspecified atom stereocenters. The Morgan fingerprint density at radius 2 is 1.88 bits per heavy atom. The fourth-order valence-corrected chi connectivity index (χ4v) is 8.02. The van der Waals surface area contributed by atoms with Gasteiger partial charge < -0.3 is 19.5 Å². The maximum atomic E-state index is 6.41. The first-order valence-electron chi connectivity index (χ1n) is 12.9. The second kappa shape index (κ2) is 8.41. The van der Waals surface area contributed by atoms with Crippen LogP contribution in [0.25, 0.3) is 0 Å². The summed E-state index contributed by atoms with van der Waals surface area (Å²) in [6, 6.07) is 17.3. The van der Waals surface area contributed by atoms with Gasteiger partial charge in [-0.05, 0) is 91.8 Å². The summed E-state index contributed by atoms with van der Waals surface area (Å²) in [4.78, 5) is 0. The lowest BCUT2D eigenvalue weighted by Gasteiger charge is -2.53. The zero-order chi connectivity index (χ0) is 22.5. The summed E-state index contributed by atoms with van der Waals surface area (Å²) in [5, 5.41) is 3.49. The van der Waals surface area contributed by atoms with Crippen LogP contribution in [0, 0.1) is 23.2 Å². The van der Waals surface area contributed by atoms with Crippen LogP contribution in [0.15, 0.2) is 48.5 Å². The summed E-state index contributed by atoms with van der Waals surface area (Å²) in [7, 11) is 2.09. The number of ether oxygens (including phenoxy) is 3. The largest absolute Gasteiger partial charge is 0.489 e. The van der Waals surface area contributed by atoms with Gasteiger partial charge in [0, 0.05) is 11.8 Å². The van der Waals surface area contributed by atoms with E-state index in [1.165, 1.54) is 30.4 Å². The molecule has 33 heavy (non-hydrogen) atoms. The lowest BCUT2D eigenvalue weighted by molar-refractivity contribution is -0.237. The van der Waals surface area contributed by atoms with Gasteiger partial charge >= 0.3 is 0 Å². The molecule has 3 fully saturated rings. The highest BCUT2D eigenvalue weighted by molar-refractivity contribution is 5.41. The Labute approximate surface area is 198 Å². The molecule has 0 amide bonds. The van der Waals surface area contributed by atoms with Crippen molar-refractivity contribution >= 4 is 0 Å². The van der Waals surface area contributed by atoms with Crippen LogP contribution < -0.4 is 10.1 Å². The van der Waals surface area contributed by atoms with Crippen molar-refractivity contribution in [3.8, 4) is 5.75 Å². The van der Waals surface area contributed by atoms with E-state index >= 15 is 0 Å². The van der Waals surface area contributed by atoms with E-state index in [9.17, 15) is 0 Å². The third-order valence-electron chi connectivity index (χ3n) is 9.33. The summed E-state index contributed by atoms with van der Waals surface area (Å²) in [5.41, 5.74) is 4.39. The molecule has 0 radical (unpaired) electrons. The number of hydrogen-bond acceptors (Lipinski definition) is 4. The maximum Gasteiger partial charge on any atom is 0.174 e. The summed E-state index contributed by atoms with van der Waals surface area (Å²) >= 11 is 0. The summed E-state index contributed by atoms with van der Waals surface area (Å²) < 4.78 is 19.0. The molecule has 2 saturated carbocycles. The average molecular weight is 448 g/mol. The van der Waals surface area contributed by atoms with Crippen molar-refractivity contribution in [1.82, 2.24) is 5.32 Å². The maximum absolute atomic E-state index is 6.41. The standard InChI is InChI=1S/C29H37NO3/c1-28-13-12-25-24-11-9-23(31-19-20-6-4-3-5-7-20)16-21(24)8-10-26(25)27(28)22(18-30-2)17-29(28)32-14-15-33-29/h3-7,9,11,16,22,25-27,30H,8,10,12-15,17-19H2,1-2H3/t22-,25-,26-,27+,28+/m1/s1. The lowest BCUT2D eigenvalue weighted by atomic mass is 9.53. The molecule has 0 bridgehead atoms. The van der Waals surface area contributed by atoms with Crippen molar-refractivity contribution in [3.63, 3.8) is 0 Å². The molecule has 2 aromatic rings. The van der Waals surface area contributed by atoms with E-state index < -0.39 is 0 Å². The summed E-state index contributed by atoms with van der Waals surface area (Å²) in [6.45, 7) is 5.65. The van der Waals surface area contributed by atoms with Crippen molar-refractivity contribution in [2.75, 3.05) is 26.8 Å². The smallest absolute Gasteiger partial charge is 0.174 e. The average Bonchev–Trinajstić information content (AvgIpc) is 3.41. The Hall–Kier alpha value is -1.88. The van der Waals surface area contributed by atoms with Crippen LogP contribution in [0.2, 0.25) is 0 Å². The summed E-state index contributed by atoms with van der Waals surface area (Å²) in [6.07, 6.45) is 5.86. The third kappa shape index (κ3) is 3.45. The van der Waals surface area contributed by atoms with Crippen molar-refractivity contribution in [3.05, 3.63) is 65.2 Å². The van der Waals surface area contributed by atoms with Crippen LogP contribution in [-0.2, 0) is 22.5 Å². The lowest BCUT2D eigenvalue weighted by Crippen LogP contribution is -2.52. The molecule has 4 nitrogen and oxygen atoms in total. The van der Waals surface area contributed by atoms with Gasteiger partial charge in [-0.2, -0.15) is 0 Å². The second-order valence-electron chi connectivity index (χ2n) is 10.9. The molecule has 4 aliphatic rings. The van der Waals surface area contributed by atoms with Gasteiger partial charge in [0.2, 0.25) is 0 Å². The van der Waals surface area contributed by atoms with E-state index in [1.54, 1.807) is 5.56 Å². The Balaban J connectivity index is 1.25. The van der Waals surface area contributed by atoms with E-state index in [4.69, 9.17) is 14.2 Å². The highest BCUT2D eigenvalue weighted by Gasteiger charge is 2.68. The van der Waals surface area contributed by atoms with Crippen LogP contribution in [0.1, 0.15) is 55.2 Å².